The zero-order valence-electron chi connectivity index (χ0n) is 24.2. The summed E-state index contributed by atoms with van der Waals surface area (Å²) >= 11 is 0. The topological polar surface area (TPSA) is 75.6 Å². The molecule has 3 aromatic heterocycles. The monoisotopic (exact) mass is 544 g/mol. The van der Waals surface area contributed by atoms with E-state index in [1.807, 2.05) is 12.4 Å². The van der Waals surface area contributed by atoms with E-state index in [0.717, 1.165) is 74.4 Å². The van der Waals surface area contributed by atoms with Gasteiger partial charge < -0.3 is 24.6 Å². The Hall–Kier alpha value is -3.13. The van der Waals surface area contributed by atoms with Gasteiger partial charge in [0.05, 0.1) is 24.9 Å². The minimum absolute atomic E-state index is 0.396. The van der Waals surface area contributed by atoms with Gasteiger partial charge in [0, 0.05) is 62.1 Å². The Bertz CT molecular complexity index is 1280. The van der Waals surface area contributed by atoms with Crippen molar-refractivity contribution in [3.8, 4) is 11.6 Å². The van der Waals surface area contributed by atoms with Gasteiger partial charge in [0.2, 0.25) is 0 Å². The average Bonchev–Trinajstić information content (AvgIpc) is 3.26. The molecule has 214 valence electrons. The second-order valence-electron chi connectivity index (χ2n) is 11.8. The van der Waals surface area contributed by atoms with Gasteiger partial charge in [-0.05, 0) is 81.5 Å². The largest absolute Gasteiger partial charge is 0.488 e. The van der Waals surface area contributed by atoms with E-state index in [0.29, 0.717) is 24.3 Å². The van der Waals surface area contributed by atoms with E-state index in [1.165, 1.54) is 55.7 Å². The van der Waals surface area contributed by atoms with Gasteiger partial charge in [0.15, 0.2) is 5.75 Å². The number of pyridine rings is 3. The Morgan fingerprint density at radius 3 is 2.60 bits per heavy atom. The number of hydrogen-bond donors (Lipinski definition) is 1. The lowest BCUT2D eigenvalue weighted by Crippen LogP contribution is -2.39. The fourth-order valence-electron chi connectivity index (χ4n) is 6.63. The molecule has 3 aromatic rings. The highest BCUT2D eigenvalue weighted by Gasteiger charge is 2.25. The van der Waals surface area contributed by atoms with Crippen LogP contribution < -0.4 is 19.7 Å². The van der Waals surface area contributed by atoms with Crippen molar-refractivity contribution in [2.45, 2.75) is 70.8 Å². The van der Waals surface area contributed by atoms with Crippen LogP contribution in [0.4, 0.5) is 11.4 Å². The maximum atomic E-state index is 6.25. The molecule has 1 unspecified atom stereocenters. The van der Waals surface area contributed by atoms with Crippen molar-refractivity contribution in [1.82, 2.24) is 19.9 Å². The number of anilines is 2. The first-order valence-electron chi connectivity index (χ1n) is 15.3. The van der Waals surface area contributed by atoms with Crippen molar-refractivity contribution >= 4 is 22.4 Å². The minimum Gasteiger partial charge on any atom is -0.488 e. The number of ether oxygens (including phenoxy) is 2. The molecule has 2 fully saturated rings. The molecule has 0 aromatic carbocycles. The van der Waals surface area contributed by atoms with E-state index in [9.17, 15) is 0 Å². The summed E-state index contributed by atoms with van der Waals surface area (Å²) in [6.45, 7) is 8.53. The number of fused-ring (bicyclic) bond motifs is 2. The van der Waals surface area contributed by atoms with E-state index in [1.54, 1.807) is 7.11 Å². The molecule has 0 bridgehead atoms. The molecular formula is C32H44N6O2. The van der Waals surface area contributed by atoms with Crippen LogP contribution in [0.25, 0.3) is 11.0 Å². The Balaban J connectivity index is 1.21. The zero-order chi connectivity index (χ0) is 27.3. The smallest absolute Gasteiger partial charge is 0.257 e. The highest BCUT2D eigenvalue weighted by atomic mass is 16.5. The molecule has 5 heterocycles. The summed E-state index contributed by atoms with van der Waals surface area (Å²) in [5.74, 6) is 2.05. The molecule has 40 heavy (non-hydrogen) atoms. The summed E-state index contributed by atoms with van der Waals surface area (Å²) in [5.41, 5.74) is 6.81. The van der Waals surface area contributed by atoms with E-state index in [-0.39, 0.29) is 0 Å². The number of likely N-dealkylation sites (tertiary alicyclic amines) is 1. The number of aromatic nitrogens is 3. The van der Waals surface area contributed by atoms with Crippen LogP contribution in [-0.2, 0) is 12.8 Å². The fourth-order valence-corrected chi connectivity index (χ4v) is 6.63. The normalized spacial score (nSPS) is 20.4. The molecule has 3 aliphatic rings. The van der Waals surface area contributed by atoms with Gasteiger partial charge in [-0.3, -0.25) is 9.97 Å². The van der Waals surface area contributed by atoms with Gasteiger partial charge in [-0.15, -0.1) is 0 Å². The lowest BCUT2D eigenvalue weighted by atomic mass is 10.00. The van der Waals surface area contributed by atoms with Crippen molar-refractivity contribution in [3.05, 3.63) is 41.9 Å². The maximum Gasteiger partial charge on any atom is 0.257 e. The molecule has 0 spiro atoms. The highest BCUT2D eigenvalue weighted by molar-refractivity contribution is 5.91. The second kappa shape index (κ2) is 12.6. The van der Waals surface area contributed by atoms with Gasteiger partial charge in [0.25, 0.3) is 5.88 Å². The third-order valence-electron chi connectivity index (χ3n) is 8.87. The standard InChI is InChI=1S/C32H44N6O2/c1-23-11-17-37(22-23)16-6-20-40-29-21-28-31(36-32(29)39-2)30(26-7-4-3-5-8-27(26)35-28)34-24-12-18-38(19-13-24)25-9-14-33-15-10-25/h9-10,14-15,21,23-24H,3-8,11-13,16-20,22H2,1-2H3,(H,34,35). The summed E-state index contributed by atoms with van der Waals surface area (Å²) in [4.78, 5) is 19.4. The number of rotatable bonds is 9. The van der Waals surface area contributed by atoms with Crippen LogP contribution in [-0.4, -0.2) is 72.3 Å². The predicted octanol–water partition coefficient (Wildman–Crippen LogP) is 5.49. The van der Waals surface area contributed by atoms with Gasteiger partial charge in [-0.25, -0.2) is 4.98 Å². The minimum atomic E-state index is 0.396. The maximum absolute atomic E-state index is 6.25. The van der Waals surface area contributed by atoms with Crippen LogP contribution in [0.5, 0.6) is 11.6 Å². The first-order valence-corrected chi connectivity index (χ1v) is 15.3. The molecule has 8 heteroatoms. The summed E-state index contributed by atoms with van der Waals surface area (Å²) < 4.78 is 12.0. The summed E-state index contributed by atoms with van der Waals surface area (Å²) in [6, 6.07) is 6.66. The first kappa shape index (κ1) is 27.1. The fraction of sp³-hybridized carbons (Fsp3) is 0.594. The van der Waals surface area contributed by atoms with Gasteiger partial charge in [-0.2, -0.15) is 0 Å². The molecule has 0 radical (unpaired) electrons. The summed E-state index contributed by atoms with van der Waals surface area (Å²) in [7, 11) is 1.69. The molecule has 2 aliphatic heterocycles. The second-order valence-corrected chi connectivity index (χ2v) is 11.8. The molecule has 6 rings (SSSR count). The third kappa shape index (κ3) is 6.12. The molecular weight excluding hydrogens is 500 g/mol. The number of nitrogens with one attached hydrogen (secondary N) is 1. The van der Waals surface area contributed by atoms with Crippen LogP contribution >= 0.6 is 0 Å². The number of nitrogens with zero attached hydrogens (tertiary/aromatic N) is 5. The summed E-state index contributed by atoms with van der Waals surface area (Å²) in [6.07, 6.45) is 13.9. The molecule has 8 nitrogen and oxygen atoms in total. The van der Waals surface area contributed by atoms with Crippen molar-refractivity contribution in [1.29, 1.82) is 0 Å². The number of piperidine rings is 1. The molecule has 1 N–H and O–H groups in total. The molecule has 0 amide bonds. The van der Waals surface area contributed by atoms with E-state index < -0.39 is 0 Å². The van der Waals surface area contributed by atoms with Crippen LogP contribution in [0.3, 0.4) is 0 Å². The average molecular weight is 545 g/mol. The van der Waals surface area contributed by atoms with Crippen LogP contribution in [0.2, 0.25) is 0 Å². The van der Waals surface area contributed by atoms with Crippen LogP contribution in [0.15, 0.2) is 30.6 Å². The number of aryl methyl sites for hydroxylation is 1. The van der Waals surface area contributed by atoms with Crippen LogP contribution in [0, 0.1) is 5.92 Å². The highest BCUT2D eigenvalue weighted by Crippen LogP contribution is 2.37. The van der Waals surface area contributed by atoms with Crippen molar-refractivity contribution < 1.29 is 9.47 Å². The SMILES string of the molecule is COc1nc2c(NC3CCN(c4ccncc4)CC3)c3c(nc2cc1OCCCN1CCC(C)C1)CCCCC3. The lowest BCUT2D eigenvalue weighted by Gasteiger charge is -2.35. The van der Waals surface area contributed by atoms with Gasteiger partial charge in [-0.1, -0.05) is 13.3 Å². The van der Waals surface area contributed by atoms with Crippen molar-refractivity contribution in [2.24, 2.45) is 5.92 Å². The molecule has 1 atom stereocenters. The Morgan fingerprint density at radius 1 is 1.00 bits per heavy atom. The Kier molecular flexibility index (Phi) is 8.51. The van der Waals surface area contributed by atoms with Gasteiger partial charge >= 0.3 is 0 Å². The Morgan fingerprint density at radius 2 is 1.82 bits per heavy atom. The first-order chi connectivity index (χ1) is 19.7. The van der Waals surface area contributed by atoms with Crippen molar-refractivity contribution in [3.63, 3.8) is 0 Å². The summed E-state index contributed by atoms with van der Waals surface area (Å²) in [5, 5.41) is 3.97. The lowest BCUT2D eigenvalue weighted by molar-refractivity contribution is 0.249. The number of hydrogen-bond acceptors (Lipinski definition) is 8. The number of methoxy groups -OCH3 is 1. The predicted molar refractivity (Wildman–Crippen MR) is 161 cm³/mol. The Labute approximate surface area is 238 Å². The van der Waals surface area contributed by atoms with E-state index in [4.69, 9.17) is 19.4 Å². The van der Waals surface area contributed by atoms with Crippen LogP contribution in [0.1, 0.15) is 63.1 Å². The van der Waals surface area contributed by atoms with Crippen molar-refractivity contribution in [2.75, 3.05) is 56.7 Å². The van der Waals surface area contributed by atoms with E-state index >= 15 is 0 Å². The quantitative estimate of drug-likeness (QED) is 0.280. The van der Waals surface area contributed by atoms with E-state index in [2.05, 4.69) is 45.2 Å². The van der Waals surface area contributed by atoms with Gasteiger partial charge in [0.1, 0.15) is 5.52 Å². The zero-order valence-corrected chi connectivity index (χ0v) is 24.2. The molecule has 1 aliphatic carbocycles. The molecule has 0 saturated carbocycles. The third-order valence-corrected chi connectivity index (χ3v) is 8.87. The molecule has 2 saturated heterocycles.